The highest BCUT2D eigenvalue weighted by Gasteiger charge is 2.56. The monoisotopic (exact) mass is 544 g/mol. The maximum Gasteiger partial charge on any atom is 0.166 e. The molecule has 8 heteroatoms. The van der Waals surface area contributed by atoms with Crippen molar-refractivity contribution >= 4 is 0 Å². The molecule has 4 aliphatic heterocycles. The molecule has 8 nitrogen and oxygen atoms in total. The Morgan fingerprint density at radius 2 is 1.15 bits per heavy atom. The molecule has 2 aromatic carbocycles. The van der Waals surface area contributed by atoms with Gasteiger partial charge in [0, 0.05) is 60.2 Å². The fourth-order valence-corrected chi connectivity index (χ4v) is 9.22. The molecule has 40 heavy (non-hydrogen) atoms. The van der Waals surface area contributed by atoms with Gasteiger partial charge in [0.15, 0.2) is 23.0 Å². The molecular formula is C32H36N2O6. The molecule has 6 aliphatic rings. The average Bonchev–Trinajstić information content (AvgIpc) is 3.37. The molecule has 0 spiro atoms. The Morgan fingerprint density at radius 1 is 0.725 bits per heavy atom. The van der Waals surface area contributed by atoms with Gasteiger partial charge in [0.05, 0.1) is 26.4 Å². The van der Waals surface area contributed by atoms with Crippen LogP contribution in [0.15, 0.2) is 36.4 Å². The number of aromatic hydroxyl groups is 2. The van der Waals surface area contributed by atoms with Crippen LogP contribution in [-0.4, -0.2) is 81.8 Å². The molecule has 4 heterocycles. The minimum Gasteiger partial charge on any atom is -0.504 e. The highest BCUT2D eigenvalue weighted by Crippen LogP contribution is 2.61. The van der Waals surface area contributed by atoms with E-state index < -0.39 is 12.2 Å². The quantitative estimate of drug-likeness (QED) is 0.437. The Morgan fingerprint density at radius 3 is 1.55 bits per heavy atom. The van der Waals surface area contributed by atoms with Crippen molar-refractivity contribution in [2.45, 2.75) is 73.9 Å². The van der Waals surface area contributed by atoms with Crippen LogP contribution in [0.4, 0.5) is 0 Å². The predicted octanol–water partition coefficient (Wildman–Crippen LogP) is 3.08. The minimum absolute atomic E-state index is 0.0267. The van der Waals surface area contributed by atoms with Crippen LogP contribution in [0.5, 0.6) is 23.0 Å². The van der Waals surface area contributed by atoms with Gasteiger partial charge >= 0.3 is 0 Å². The Balaban J connectivity index is 1.44. The maximum atomic E-state index is 11.8. The first-order chi connectivity index (χ1) is 19.3. The fraction of sp³-hybridized carbons (Fsp3) is 0.500. The molecule has 0 amide bonds. The van der Waals surface area contributed by atoms with E-state index in [4.69, 9.17) is 9.47 Å². The van der Waals surface area contributed by atoms with Gasteiger partial charge in [-0.3, -0.25) is 9.80 Å². The first-order valence-corrected chi connectivity index (χ1v) is 14.4. The van der Waals surface area contributed by atoms with Crippen LogP contribution in [0, 0.1) is 0 Å². The number of rotatable bonds is 3. The van der Waals surface area contributed by atoms with Crippen molar-refractivity contribution in [3.05, 3.63) is 58.7 Å². The maximum absolute atomic E-state index is 11.8. The van der Waals surface area contributed by atoms with Crippen LogP contribution in [0.3, 0.4) is 0 Å². The van der Waals surface area contributed by atoms with Crippen LogP contribution in [-0.2, 0) is 23.9 Å². The molecule has 2 aliphatic carbocycles. The number of aliphatic hydroxyl groups is 2. The summed E-state index contributed by atoms with van der Waals surface area (Å²) in [5.41, 5.74) is 4.85. The molecule has 4 bridgehead atoms. The predicted molar refractivity (Wildman–Crippen MR) is 149 cm³/mol. The summed E-state index contributed by atoms with van der Waals surface area (Å²) < 4.78 is 11.5. The summed E-state index contributed by atoms with van der Waals surface area (Å²) in [7, 11) is 3.14. The number of ether oxygens (including phenoxy) is 2. The summed E-state index contributed by atoms with van der Waals surface area (Å²) in [6.45, 7) is 3.02. The summed E-state index contributed by atoms with van der Waals surface area (Å²) in [6.07, 6.45) is 10.4. The van der Waals surface area contributed by atoms with Crippen molar-refractivity contribution in [1.29, 1.82) is 0 Å². The number of hydrogen-bond donors (Lipinski definition) is 4. The van der Waals surface area contributed by atoms with Crippen molar-refractivity contribution in [3.63, 3.8) is 0 Å². The largest absolute Gasteiger partial charge is 0.504 e. The lowest BCUT2D eigenvalue weighted by Crippen LogP contribution is -2.50. The van der Waals surface area contributed by atoms with E-state index >= 15 is 0 Å². The third kappa shape index (κ3) is 2.95. The average molecular weight is 545 g/mol. The molecule has 0 saturated carbocycles. The molecule has 0 radical (unpaired) electrons. The van der Waals surface area contributed by atoms with Crippen molar-refractivity contribution in [2.24, 2.45) is 0 Å². The molecule has 4 N–H and O–H groups in total. The van der Waals surface area contributed by atoms with E-state index in [-0.39, 0.29) is 34.4 Å². The smallest absolute Gasteiger partial charge is 0.166 e. The van der Waals surface area contributed by atoms with Gasteiger partial charge in [-0.2, -0.15) is 0 Å². The van der Waals surface area contributed by atoms with Gasteiger partial charge in [-0.25, -0.2) is 0 Å². The molecular weight excluding hydrogens is 508 g/mol. The van der Waals surface area contributed by atoms with Crippen molar-refractivity contribution in [2.75, 3.05) is 27.3 Å². The zero-order chi connectivity index (χ0) is 27.6. The van der Waals surface area contributed by atoms with Gasteiger partial charge < -0.3 is 29.9 Å². The first-order valence-electron chi connectivity index (χ1n) is 14.4. The SMILES string of the molecule is COc1cc2c(c(-c3c(O)c(OC)cc4c3CN3CC[C@@]45C=C[C@@H](O)C[C@H]35)c1O)CN1CC[C@@]23C=C[C@@H](O)C[C@H]13. The van der Waals surface area contributed by atoms with E-state index in [0.717, 1.165) is 48.2 Å². The molecule has 8 rings (SSSR count). The zero-order valence-electron chi connectivity index (χ0n) is 22.9. The van der Waals surface area contributed by atoms with Crippen molar-refractivity contribution in [1.82, 2.24) is 9.80 Å². The van der Waals surface area contributed by atoms with E-state index in [0.29, 0.717) is 48.6 Å². The second-order valence-corrected chi connectivity index (χ2v) is 12.5. The highest BCUT2D eigenvalue weighted by atomic mass is 16.5. The van der Waals surface area contributed by atoms with E-state index in [9.17, 15) is 20.4 Å². The summed E-state index contributed by atoms with van der Waals surface area (Å²) >= 11 is 0. The number of aliphatic hydroxyl groups excluding tert-OH is 2. The Labute approximate surface area is 233 Å². The Bertz CT molecular complexity index is 1390. The lowest BCUT2D eigenvalue weighted by molar-refractivity contribution is 0.110. The Hall–Kier alpha value is -3.04. The minimum atomic E-state index is -0.466. The molecule has 2 fully saturated rings. The van der Waals surface area contributed by atoms with Gasteiger partial charge in [-0.1, -0.05) is 24.3 Å². The number of phenolic OH excluding ortho intramolecular Hbond substituents is 2. The molecule has 0 aromatic heterocycles. The zero-order valence-corrected chi connectivity index (χ0v) is 22.9. The molecule has 2 aromatic rings. The number of benzene rings is 2. The third-order valence-corrected chi connectivity index (χ3v) is 11.0. The van der Waals surface area contributed by atoms with E-state index in [2.05, 4.69) is 22.0 Å². The Kier molecular flexibility index (Phi) is 5.10. The van der Waals surface area contributed by atoms with Gasteiger partial charge in [-0.05, 0) is 60.1 Å². The number of fused-ring (bicyclic) bond motifs is 2. The second kappa shape index (κ2) is 8.26. The van der Waals surface area contributed by atoms with Crippen LogP contribution >= 0.6 is 0 Å². The summed E-state index contributed by atoms with van der Waals surface area (Å²) in [4.78, 5) is 4.84. The van der Waals surface area contributed by atoms with E-state index in [1.165, 1.54) is 0 Å². The normalized spacial score (nSPS) is 37.9. The van der Waals surface area contributed by atoms with Crippen molar-refractivity contribution in [3.8, 4) is 34.1 Å². The summed E-state index contributed by atoms with van der Waals surface area (Å²) in [5.74, 6) is 0.819. The standard InChI is InChI=1S/C32H36N2O6/c1-39-23-13-21-19(15-33-9-7-31(21)5-3-17(35)11-25(31)33)27(29(23)37)28-20-16-34-10-8-32(6-4-18(36)12-26(32)34)22(20)14-24(40-2)30(28)38/h3-6,13-14,17-18,25-26,35-38H,7-12,15-16H2,1-2H3/t17-,18-,25+,26+,31+,32+/m1/s1. The van der Waals surface area contributed by atoms with Crippen LogP contribution < -0.4 is 9.47 Å². The molecule has 8 atom stereocenters. The summed E-state index contributed by atoms with van der Waals surface area (Å²) in [5, 5.41) is 44.6. The summed E-state index contributed by atoms with van der Waals surface area (Å²) in [6, 6.07) is 4.30. The molecule has 210 valence electrons. The first kappa shape index (κ1) is 24.7. The number of phenols is 2. The van der Waals surface area contributed by atoms with Gasteiger partial charge in [0.1, 0.15) is 0 Å². The number of methoxy groups -OCH3 is 2. The lowest BCUT2D eigenvalue weighted by Gasteiger charge is -2.47. The van der Waals surface area contributed by atoms with E-state index in [1.54, 1.807) is 14.2 Å². The highest BCUT2D eigenvalue weighted by molar-refractivity contribution is 5.88. The lowest BCUT2D eigenvalue weighted by atomic mass is 9.64. The fourth-order valence-electron chi connectivity index (χ4n) is 9.22. The van der Waals surface area contributed by atoms with Gasteiger partial charge in [-0.15, -0.1) is 0 Å². The van der Waals surface area contributed by atoms with Crippen LogP contribution in [0.1, 0.15) is 47.9 Å². The molecule has 2 saturated heterocycles. The number of hydrogen-bond acceptors (Lipinski definition) is 8. The van der Waals surface area contributed by atoms with Crippen LogP contribution in [0.2, 0.25) is 0 Å². The van der Waals surface area contributed by atoms with Crippen molar-refractivity contribution < 1.29 is 29.9 Å². The number of nitrogens with zero attached hydrogens (tertiary/aromatic N) is 2. The second-order valence-electron chi connectivity index (χ2n) is 12.5. The van der Waals surface area contributed by atoms with Gasteiger partial charge in [0.25, 0.3) is 0 Å². The molecule has 2 unspecified atom stereocenters. The van der Waals surface area contributed by atoms with Gasteiger partial charge in [0.2, 0.25) is 0 Å². The third-order valence-electron chi connectivity index (χ3n) is 11.0. The van der Waals surface area contributed by atoms with Crippen LogP contribution in [0.25, 0.3) is 11.1 Å². The topological polar surface area (TPSA) is 106 Å². The van der Waals surface area contributed by atoms with E-state index in [1.807, 2.05) is 24.3 Å².